The Hall–Kier alpha value is -1.78. The molecule has 0 fully saturated rings. The van der Waals surface area contributed by atoms with Crippen LogP contribution in [0.4, 0.5) is 10.1 Å². The molecule has 0 saturated carbocycles. The maximum absolute atomic E-state index is 13.0. The highest BCUT2D eigenvalue weighted by Crippen LogP contribution is 2.28. The van der Waals surface area contributed by atoms with Crippen LogP contribution in [0.2, 0.25) is 0 Å². The van der Waals surface area contributed by atoms with Crippen molar-refractivity contribution in [1.82, 2.24) is 0 Å². The second kappa shape index (κ2) is 3.76. The van der Waals surface area contributed by atoms with Gasteiger partial charge in [-0.3, -0.25) is 0 Å². The summed E-state index contributed by atoms with van der Waals surface area (Å²) < 4.78 is 13.0. The zero-order valence-electron chi connectivity index (χ0n) is 8.15. The van der Waals surface area contributed by atoms with E-state index in [9.17, 15) is 4.39 Å². The van der Waals surface area contributed by atoms with E-state index in [1.807, 2.05) is 4.90 Å². The number of hydrogen-bond acceptors (Lipinski definition) is 3. The molecule has 5 heteroatoms. The molecule has 1 aliphatic rings. The van der Waals surface area contributed by atoms with E-state index >= 15 is 0 Å². The summed E-state index contributed by atoms with van der Waals surface area (Å²) in [5.41, 5.74) is 7.35. The van der Waals surface area contributed by atoms with Gasteiger partial charge in [0, 0.05) is 12.2 Å². The van der Waals surface area contributed by atoms with Crippen molar-refractivity contribution < 1.29 is 9.60 Å². The second-order valence-corrected chi connectivity index (χ2v) is 3.54. The van der Waals surface area contributed by atoms with Crippen molar-refractivity contribution in [3.8, 4) is 0 Å². The lowest BCUT2D eigenvalue weighted by molar-refractivity contribution is 0.317. The van der Waals surface area contributed by atoms with Gasteiger partial charge in [-0.2, -0.15) is 0 Å². The smallest absolute Gasteiger partial charge is 0.158 e. The van der Waals surface area contributed by atoms with E-state index in [1.54, 1.807) is 6.07 Å². The number of benzene rings is 1. The molecule has 15 heavy (non-hydrogen) atoms. The highest BCUT2D eigenvalue weighted by atomic mass is 19.1. The average molecular weight is 209 g/mol. The predicted molar refractivity (Wildman–Crippen MR) is 55.7 cm³/mol. The summed E-state index contributed by atoms with van der Waals surface area (Å²) in [4.78, 5) is 1.90. The van der Waals surface area contributed by atoms with Crippen LogP contribution in [-0.4, -0.2) is 24.1 Å². The zero-order valence-corrected chi connectivity index (χ0v) is 8.15. The number of amidine groups is 1. The van der Waals surface area contributed by atoms with E-state index in [4.69, 9.17) is 10.9 Å². The van der Waals surface area contributed by atoms with E-state index in [1.165, 1.54) is 12.1 Å². The molecule has 0 unspecified atom stereocenters. The van der Waals surface area contributed by atoms with Gasteiger partial charge in [0.15, 0.2) is 5.84 Å². The van der Waals surface area contributed by atoms with Gasteiger partial charge in [-0.25, -0.2) is 4.39 Å². The summed E-state index contributed by atoms with van der Waals surface area (Å²) in [6.07, 6.45) is 0.869. The van der Waals surface area contributed by atoms with Gasteiger partial charge in [-0.1, -0.05) is 11.2 Å². The third-order valence-corrected chi connectivity index (χ3v) is 2.52. The van der Waals surface area contributed by atoms with Crippen molar-refractivity contribution in [2.45, 2.75) is 6.42 Å². The third-order valence-electron chi connectivity index (χ3n) is 2.52. The van der Waals surface area contributed by atoms with Gasteiger partial charge < -0.3 is 15.8 Å². The predicted octanol–water partition coefficient (Wildman–Crippen LogP) is 0.935. The lowest BCUT2D eigenvalue weighted by Crippen LogP contribution is -2.32. The Morgan fingerprint density at radius 2 is 2.40 bits per heavy atom. The fourth-order valence-corrected chi connectivity index (χ4v) is 1.81. The van der Waals surface area contributed by atoms with Crippen molar-refractivity contribution in [1.29, 1.82) is 0 Å². The minimum atomic E-state index is -0.264. The van der Waals surface area contributed by atoms with Gasteiger partial charge in [-0.05, 0) is 24.1 Å². The van der Waals surface area contributed by atoms with Gasteiger partial charge in [-0.15, -0.1) is 0 Å². The van der Waals surface area contributed by atoms with Crippen molar-refractivity contribution in [3.05, 3.63) is 29.6 Å². The first-order valence-corrected chi connectivity index (χ1v) is 4.70. The first-order chi connectivity index (χ1) is 7.20. The topological polar surface area (TPSA) is 61.8 Å². The van der Waals surface area contributed by atoms with Crippen molar-refractivity contribution in [2.75, 3.05) is 18.0 Å². The van der Waals surface area contributed by atoms with Crippen LogP contribution in [0.15, 0.2) is 23.4 Å². The van der Waals surface area contributed by atoms with Gasteiger partial charge in [0.05, 0.1) is 6.54 Å². The van der Waals surface area contributed by atoms with Crippen LogP contribution >= 0.6 is 0 Å². The van der Waals surface area contributed by atoms with Crippen molar-refractivity contribution in [3.63, 3.8) is 0 Å². The minimum absolute atomic E-state index is 0.132. The molecule has 0 bridgehead atoms. The standard InChI is InChI=1S/C10H12FN3O/c11-8-2-1-7-3-4-14(9(7)5-8)6-10(12)13-15/h1-2,5,15H,3-4,6H2,(H2,12,13). The van der Waals surface area contributed by atoms with E-state index in [0.29, 0.717) is 6.54 Å². The summed E-state index contributed by atoms with van der Waals surface area (Å²) in [7, 11) is 0. The van der Waals surface area contributed by atoms with Gasteiger partial charge in [0.1, 0.15) is 5.82 Å². The van der Waals surface area contributed by atoms with Crippen LogP contribution < -0.4 is 10.6 Å². The highest BCUT2D eigenvalue weighted by Gasteiger charge is 2.20. The molecule has 80 valence electrons. The molecule has 0 amide bonds. The number of oxime groups is 1. The van der Waals surface area contributed by atoms with Crippen LogP contribution in [0.5, 0.6) is 0 Å². The largest absolute Gasteiger partial charge is 0.409 e. The summed E-state index contributed by atoms with van der Waals surface area (Å²) in [5.74, 6) is -0.132. The fourth-order valence-electron chi connectivity index (χ4n) is 1.81. The van der Waals surface area contributed by atoms with Crippen molar-refractivity contribution in [2.24, 2.45) is 10.9 Å². The molecule has 4 nitrogen and oxygen atoms in total. The molecule has 2 rings (SSSR count). The highest BCUT2D eigenvalue weighted by molar-refractivity contribution is 5.85. The molecule has 0 atom stereocenters. The molecule has 1 heterocycles. The Morgan fingerprint density at radius 3 is 3.13 bits per heavy atom. The molecule has 0 spiro atoms. The van der Waals surface area contributed by atoms with Crippen molar-refractivity contribution >= 4 is 11.5 Å². The molecule has 1 aromatic carbocycles. The number of nitrogens with zero attached hydrogens (tertiary/aromatic N) is 2. The number of rotatable bonds is 2. The summed E-state index contributed by atoms with van der Waals surface area (Å²) in [5, 5.41) is 11.4. The van der Waals surface area contributed by atoms with Crippen LogP contribution in [0.1, 0.15) is 5.56 Å². The van der Waals surface area contributed by atoms with Crippen LogP contribution in [0, 0.1) is 5.82 Å². The number of fused-ring (bicyclic) bond motifs is 1. The minimum Gasteiger partial charge on any atom is -0.409 e. The number of nitrogens with two attached hydrogens (primary N) is 1. The molecule has 0 radical (unpaired) electrons. The number of halogens is 1. The van der Waals surface area contributed by atoms with Crippen LogP contribution in [-0.2, 0) is 6.42 Å². The SMILES string of the molecule is N/C(CN1CCc2ccc(F)cc21)=N/O. The van der Waals surface area contributed by atoms with Gasteiger partial charge in [0.25, 0.3) is 0 Å². The maximum Gasteiger partial charge on any atom is 0.158 e. The average Bonchev–Trinajstić information content (AvgIpc) is 2.61. The lowest BCUT2D eigenvalue weighted by Gasteiger charge is -2.17. The second-order valence-electron chi connectivity index (χ2n) is 3.54. The number of hydrogen-bond donors (Lipinski definition) is 2. The quantitative estimate of drug-likeness (QED) is 0.330. The third kappa shape index (κ3) is 1.86. The Balaban J connectivity index is 2.24. The zero-order chi connectivity index (χ0) is 10.8. The van der Waals surface area contributed by atoms with E-state index < -0.39 is 0 Å². The van der Waals surface area contributed by atoms with Crippen LogP contribution in [0.3, 0.4) is 0 Å². The Labute approximate surface area is 86.8 Å². The molecule has 0 aromatic heterocycles. The molecule has 1 aliphatic heterocycles. The Bertz CT molecular complexity index is 406. The van der Waals surface area contributed by atoms with Gasteiger partial charge >= 0.3 is 0 Å². The molecular formula is C10H12FN3O. The van der Waals surface area contributed by atoms with Crippen LogP contribution in [0.25, 0.3) is 0 Å². The maximum atomic E-state index is 13.0. The molecule has 1 aromatic rings. The molecule has 0 saturated heterocycles. The summed E-state index contributed by atoms with van der Waals surface area (Å²) in [6, 6.07) is 4.70. The normalized spacial score (nSPS) is 15.5. The molecule has 3 N–H and O–H groups in total. The van der Waals surface area contributed by atoms with E-state index in [-0.39, 0.29) is 11.7 Å². The van der Waals surface area contributed by atoms with E-state index in [2.05, 4.69) is 5.16 Å². The molecular weight excluding hydrogens is 197 g/mol. The molecule has 0 aliphatic carbocycles. The lowest BCUT2D eigenvalue weighted by atomic mass is 10.2. The fraction of sp³-hybridized carbons (Fsp3) is 0.300. The first kappa shape index (κ1) is 9.76. The monoisotopic (exact) mass is 209 g/mol. The Kier molecular flexibility index (Phi) is 2.45. The van der Waals surface area contributed by atoms with E-state index in [0.717, 1.165) is 24.2 Å². The Morgan fingerprint density at radius 1 is 1.60 bits per heavy atom. The van der Waals surface area contributed by atoms with Gasteiger partial charge in [0.2, 0.25) is 0 Å². The summed E-state index contributed by atoms with van der Waals surface area (Å²) >= 11 is 0. The first-order valence-electron chi connectivity index (χ1n) is 4.70. The summed E-state index contributed by atoms with van der Waals surface area (Å²) in [6.45, 7) is 1.10. The number of anilines is 1.